The van der Waals surface area contributed by atoms with Gasteiger partial charge in [-0.25, -0.2) is 4.98 Å². The first-order valence-electron chi connectivity index (χ1n) is 6.60. The molecule has 0 aliphatic heterocycles. The van der Waals surface area contributed by atoms with Crippen LogP contribution in [-0.2, 0) is 11.3 Å². The van der Waals surface area contributed by atoms with E-state index in [0.29, 0.717) is 23.5 Å². The maximum Gasteiger partial charge on any atom is 0.203 e. The highest BCUT2D eigenvalue weighted by molar-refractivity contribution is 5.38. The second-order valence-corrected chi connectivity index (χ2v) is 6.41. The number of nitrogens with one attached hydrogen (secondary N) is 1. The molecule has 0 spiro atoms. The lowest BCUT2D eigenvalue weighted by Crippen LogP contribution is -2.15. The van der Waals surface area contributed by atoms with Crippen molar-refractivity contribution in [1.29, 1.82) is 0 Å². The van der Waals surface area contributed by atoms with Gasteiger partial charge in [0.25, 0.3) is 0 Å². The minimum absolute atomic E-state index is 0.318. The maximum absolute atomic E-state index is 5.14. The fourth-order valence-corrected chi connectivity index (χ4v) is 2.71. The number of nitrogens with zero attached hydrogens (tertiary/aromatic N) is 2. The quantitative estimate of drug-likeness (QED) is 0.874. The summed E-state index contributed by atoms with van der Waals surface area (Å²) in [6, 6.07) is 0.480. The number of aryl methyl sites for hydroxylation is 1. The molecule has 18 heavy (non-hydrogen) atoms. The van der Waals surface area contributed by atoms with Crippen LogP contribution in [0.2, 0.25) is 0 Å². The number of aromatic nitrogens is 2. The number of hydrogen-bond acceptors (Lipinski definition) is 3. The van der Waals surface area contributed by atoms with Gasteiger partial charge >= 0.3 is 0 Å². The van der Waals surface area contributed by atoms with Gasteiger partial charge in [-0.2, -0.15) is 0 Å². The summed E-state index contributed by atoms with van der Waals surface area (Å²) in [5.41, 5.74) is 1.68. The summed E-state index contributed by atoms with van der Waals surface area (Å²) in [6.45, 7) is 12.8. The van der Waals surface area contributed by atoms with Crippen LogP contribution in [-0.4, -0.2) is 29.3 Å². The standard InChI is InChI=1S/C14H25N3O/c1-10-9-17(7-8-18-6)12(15-10)16-11-13(2,3)14(11,4)5/h9,11H,7-8H2,1-6H3,(H,15,16). The first kappa shape index (κ1) is 13.4. The van der Waals surface area contributed by atoms with Crippen LogP contribution in [0, 0.1) is 17.8 Å². The van der Waals surface area contributed by atoms with Crippen LogP contribution < -0.4 is 5.32 Å². The van der Waals surface area contributed by atoms with Gasteiger partial charge in [-0.1, -0.05) is 27.7 Å². The Balaban J connectivity index is 2.11. The molecule has 0 bridgehead atoms. The van der Waals surface area contributed by atoms with Gasteiger partial charge in [0.1, 0.15) is 0 Å². The third-order valence-corrected chi connectivity index (χ3v) is 4.73. The maximum atomic E-state index is 5.14. The lowest BCUT2D eigenvalue weighted by Gasteiger charge is -2.10. The Morgan fingerprint density at radius 2 is 1.94 bits per heavy atom. The van der Waals surface area contributed by atoms with Crippen molar-refractivity contribution in [1.82, 2.24) is 9.55 Å². The van der Waals surface area contributed by atoms with Gasteiger partial charge in [-0.15, -0.1) is 0 Å². The Morgan fingerprint density at radius 3 is 2.44 bits per heavy atom. The normalized spacial score (nSPS) is 21.0. The van der Waals surface area contributed by atoms with Gasteiger partial charge in [-0.05, 0) is 17.8 Å². The van der Waals surface area contributed by atoms with Crippen molar-refractivity contribution in [2.45, 2.75) is 47.2 Å². The monoisotopic (exact) mass is 251 g/mol. The molecule has 0 radical (unpaired) electrons. The van der Waals surface area contributed by atoms with Crippen LogP contribution in [0.3, 0.4) is 0 Å². The Kier molecular flexibility index (Phi) is 3.18. The minimum Gasteiger partial charge on any atom is -0.383 e. The van der Waals surface area contributed by atoms with E-state index in [1.165, 1.54) is 0 Å². The zero-order chi connectivity index (χ0) is 13.6. The van der Waals surface area contributed by atoms with Crippen LogP contribution >= 0.6 is 0 Å². The largest absolute Gasteiger partial charge is 0.383 e. The smallest absolute Gasteiger partial charge is 0.203 e. The highest BCUT2D eigenvalue weighted by Crippen LogP contribution is 2.63. The lowest BCUT2D eigenvalue weighted by atomic mass is 10.0. The molecule has 0 saturated heterocycles. The summed E-state index contributed by atoms with van der Waals surface area (Å²) < 4.78 is 7.28. The summed E-state index contributed by atoms with van der Waals surface area (Å²) in [7, 11) is 1.73. The van der Waals surface area contributed by atoms with Gasteiger partial charge in [-0.3, -0.25) is 0 Å². The second kappa shape index (κ2) is 4.26. The molecule has 0 amide bonds. The highest BCUT2D eigenvalue weighted by atomic mass is 16.5. The number of ether oxygens (including phenoxy) is 1. The van der Waals surface area contributed by atoms with Crippen molar-refractivity contribution < 1.29 is 4.74 Å². The fourth-order valence-electron chi connectivity index (χ4n) is 2.71. The SMILES string of the molecule is COCCn1cc(C)nc1NC1C(C)(C)C1(C)C. The number of imidazole rings is 1. The molecule has 1 aromatic heterocycles. The van der Waals surface area contributed by atoms with E-state index in [1.807, 2.05) is 6.92 Å². The summed E-state index contributed by atoms with van der Waals surface area (Å²) in [4.78, 5) is 4.57. The van der Waals surface area contributed by atoms with E-state index >= 15 is 0 Å². The van der Waals surface area contributed by atoms with Gasteiger partial charge in [0.05, 0.1) is 12.3 Å². The summed E-state index contributed by atoms with van der Waals surface area (Å²) in [6.07, 6.45) is 2.07. The van der Waals surface area contributed by atoms with Crippen molar-refractivity contribution in [3.63, 3.8) is 0 Å². The number of rotatable bonds is 5. The Hall–Kier alpha value is -1.03. The van der Waals surface area contributed by atoms with E-state index in [1.54, 1.807) is 7.11 Å². The molecule has 2 rings (SSSR count). The average Bonchev–Trinajstić information content (AvgIpc) is 2.60. The predicted octanol–water partition coefficient (Wildman–Crippen LogP) is 2.68. The second-order valence-electron chi connectivity index (χ2n) is 6.41. The molecule has 0 unspecified atom stereocenters. The molecule has 1 N–H and O–H groups in total. The number of hydrogen-bond donors (Lipinski definition) is 1. The van der Waals surface area contributed by atoms with Gasteiger partial charge in [0, 0.05) is 25.9 Å². The molecule has 102 valence electrons. The molecule has 1 aliphatic carbocycles. The summed E-state index contributed by atoms with van der Waals surface area (Å²) in [5.74, 6) is 0.966. The first-order valence-corrected chi connectivity index (χ1v) is 6.60. The lowest BCUT2D eigenvalue weighted by molar-refractivity contribution is 0.187. The van der Waals surface area contributed by atoms with Crippen LogP contribution in [0.25, 0.3) is 0 Å². The Morgan fingerprint density at radius 1 is 1.33 bits per heavy atom. The number of methoxy groups -OCH3 is 1. The molecule has 1 saturated carbocycles. The van der Waals surface area contributed by atoms with Crippen LogP contribution in [0.15, 0.2) is 6.20 Å². The van der Waals surface area contributed by atoms with Gasteiger partial charge in [0.15, 0.2) is 0 Å². The zero-order valence-electron chi connectivity index (χ0n) is 12.4. The number of anilines is 1. The minimum atomic E-state index is 0.318. The highest BCUT2D eigenvalue weighted by Gasteiger charge is 2.65. The predicted molar refractivity (Wildman–Crippen MR) is 73.8 cm³/mol. The fraction of sp³-hybridized carbons (Fsp3) is 0.786. The molecular weight excluding hydrogens is 226 g/mol. The molecule has 0 atom stereocenters. The molecule has 1 fully saturated rings. The Bertz CT molecular complexity index is 420. The molecule has 1 aliphatic rings. The first-order chi connectivity index (χ1) is 8.30. The molecule has 0 aromatic carbocycles. The van der Waals surface area contributed by atoms with E-state index in [2.05, 4.69) is 48.8 Å². The van der Waals surface area contributed by atoms with Crippen molar-refractivity contribution >= 4 is 5.95 Å². The molecule has 4 nitrogen and oxygen atoms in total. The third kappa shape index (κ3) is 2.03. The van der Waals surface area contributed by atoms with Crippen LogP contribution in [0.1, 0.15) is 33.4 Å². The molecule has 1 aromatic rings. The van der Waals surface area contributed by atoms with Crippen molar-refractivity contribution in [3.05, 3.63) is 11.9 Å². The molecule has 1 heterocycles. The van der Waals surface area contributed by atoms with Crippen molar-refractivity contribution in [2.24, 2.45) is 10.8 Å². The van der Waals surface area contributed by atoms with Crippen molar-refractivity contribution in [2.75, 3.05) is 19.0 Å². The molecular formula is C14H25N3O. The Labute approximate surface area is 110 Å². The van der Waals surface area contributed by atoms with E-state index in [9.17, 15) is 0 Å². The van der Waals surface area contributed by atoms with Gasteiger partial charge < -0.3 is 14.6 Å². The van der Waals surface area contributed by atoms with E-state index in [0.717, 1.165) is 18.2 Å². The van der Waals surface area contributed by atoms with E-state index < -0.39 is 0 Å². The van der Waals surface area contributed by atoms with Crippen molar-refractivity contribution in [3.8, 4) is 0 Å². The zero-order valence-corrected chi connectivity index (χ0v) is 12.4. The molecule has 4 heteroatoms. The summed E-state index contributed by atoms with van der Waals surface area (Å²) >= 11 is 0. The average molecular weight is 251 g/mol. The van der Waals surface area contributed by atoms with Crippen LogP contribution in [0.4, 0.5) is 5.95 Å². The topological polar surface area (TPSA) is 39.1 Å². The summed E-state index contributed by atoms with van der Waals surface area (Å²) in [5, 5.41) is 3.59. The van der Waals surface area contributed by atoms with E-state index in [-0.39, 0.29) is 0 Å². The third-order valence-electron chi connectivity index (χ3n) is 4.73. The van der Waals surface area contributed by atoms with E-state index in [4.69, 9.17) is 4.74 Å². The van der Waals surface area contributed by atoms with Crippen LogP contribution in [0.5, 0.6) is 0 Å². The van der Waals surface area contributed by atoms with Gasteiger partial charge in [0.2, 0.25) is 5.95 Å².